The van der Waals surface area contributed by atoms with Gasteiger partial charge in [0.1, 0.15) is 30.5 Å². The highest BCUT2D eigenvalue weighted by Crippen LogP contribution is 2.18. The van der Waals surface area contributed by atoms with Crippen LogP contribution in [0.3, 0.4) is 0 Å². The van der Waals surface area contributed by atoms with E-state index in [0.29, 0.717) is 18.7 Å². The van der Waals surface area contributed by atoms with Crippen LogP contribution < -0.4 is 26.6 Å². The van der Waals surface area contributed by atoms with E-state index in [9.17, 15) is 28.8 Å². The molecule has 1 aromatic carbocycles. The molecule has 1 aliphatic heterocycles. The van der Waals surface area contributed by atoms with Crippen LogP contribution in [0.2, 0.25) is 0 Å². The van der Waals surface area contributed by atoms with Gasteiger partial charge in [0.05, 0.1) is 0 Å². The standard InChI is InChI=1S/C35H48N6O8/c1-20(2)16-27(39-35(47)30(21(3)4)40-31(43)23(6)37-34(46)28-17-22(5)49-41-28)33(45)38-26(18-25-14-15-36-32(25)44)12-13-29(42)48-19-24-10-8-7-9-11-24/h7-13,17,20-21,23,25-27,30H,14-16,18-19H2,1-6H3,(H,36,44)(H,37,46)(H,38,45)(H,39,47)(H,40,43)/b13-12-/t23-,25+,26-,27-,30-/m0/s1. The van der Waals surface area contributed by atoms with Crippen molar-refractivity contribution in [3.63, 3.8) is 0 Å². The normalized spacial score (nSPS) is 16.8. The van der Waals surface area contributed by atoms with Gasteiger partial charge in [-0.05, 0) is 50.5 Å². The van der Waals surface area contributed by atoms with Crippen molar-refractivity contribution in [3.05, 3.63) is 65.6 Å². The van der Waals surface area contributed by atoms with Crippen LogP contribution in [0.5, 0.6) is 0 Å². The average Bonchev–Trinajstić information content (AvgIpc) is 3.68. The lowest BCUT2D eigenvalue weighted by atomic mass is 9.96. The Morgan fingerprint density at radius 3 is 2.29 bits per heavy atom. The third-order valence-electron chi connectivity index (χ3n) is 7.91. The van der Waals surface area contributed by atoms with E-state index < -0.39 is 53.8 Å². The second-order valence-corrected chi connectivity index (χ2v) is 13.0. The minimum atomic E-state index is -1.03. The Morgan fingerprint density at radius 1 is 0.980 bits per heavy atom. The molecule has 1 aliphatic rings. The number of rotatable bonds is 17. The SMILES string of the molecule is Cc1cc(C(=O)N[C@@H](C)C(=O)N[C@H](C(=O)N[C@@H](CC(C)C)C(=O)N[C@@H](/C=C\C(=O)OCc2ccccc2)C[C@H]2CCNC2=O)C(C)C)no1. The summed E-state index contributed by atoms with van der Waals surface area (Å²) in [4.78, 5) is 77.6. The third kappa shape index (κ3) is 12.5. The van der Waals surface area contributed by atoms with Crippen LogP contribution in [0.25, 0.3) is 0 Å². The zero-order valence-corrected chi connectivity index (χ0v) is 28.9. The van der Waals surface area contributed by atoms with Gasteiger partial charge in [-0.1, -0.05) is 69.3 Å². The quantitative estimate of drug-likeness (QED) is 0.123. The van der Waals surface area contributed by atoms with Crippen LogP contribution in [0.1, 0.15) is 75.7 Å². The van der Waals surface area contributed by atoms with Crippen molar-refractivity contribution >= 4 is 35.5 Å². The second kappa shape index (κ2) is 18.5. The number of nitrogens with zero attached hydrogens (tertiary/aromatic N) is 1. The third-order valence-corrected chi connectivity index (χ3v) is 7.91. The number of esters is 1. The van der Waals surface area contributed by atoms with Crippen LogP contribution in [0.15, 0.2) is 53.1 Å². The number of nitrogens with one attached hydrogen (secondary N) is 5. The molecule has 49 heavy (non-hydrogen) atoms. The van der Waals surface area contributed by atoms with Crippen molar-refractivity contribution in [2.24, 2.45) is 17.8 Å². The maximum Gasteiger partial charge on any atom is 0.330 e. The summed E-state index contributed by atoms with van der Waals surface area (Å²) in [5.74, 6) is -3.35. The van der Waals surface area contributed by atoms with Gasteiger partial charge in [-0.2, -0.15) is 0 Å². The average molecular weight is 681 g/mol. The van der Waals surface area contributed by atoms with Crippen molar-refractivity contribution in [3.8, 4) is 0 Å². The van der Waals surface area contributed by atoms with Crippen molar-refractivity contribution in [2.75, 3.05) is 6.54 Å². The minimum Gasteiger partial charge on any atom is -0.458 e. The largest absolute Gasteiger partial charge is 0.458 e. The maximum atomic E-state index is 13.7. The summed E-state index contributed by atoms with van der Waals surface area (Å²) < 4.78 is 10.2. The zero-order chi connectivity index (χ0) is 36.1. The van der Waals surface area contributed by atoms with Gasteiger partial charge in [-0.3, -0.25) is 24.0 Å². The molecule has 14 nitrogen and oxygen atoms in total. The smallest absolute Gasteiger partial charge is 0.330 e. The van der Waals surface area contributed by atoms with Gasteiger partial charge < -0.3 is 35.8 Å². The molecule has 0 radical (unpaired) electrons. The Hall–Kier alpha value is -5.01. The van der Waals surface area contributed by atoms with E-state index in [1.165, 1.54) is 25.1 Å². The first-order chi connectivity index (χ1) is 23.2. The van der Waals surface area contributed by atoms with Gasteiger partial charge in [-0.15, -0.1) is 0 Å². The van der Waals surface area contributed by atoms with Gasteiger partial charge >= 0.3 is 5.97 Å². The summed E-state index contributed by atoms with van der Waals surface area (Å²) in [6.45, 7) is 11.0. The molecule has 1 fully saturated rings. The fraction of sp³-hybridized carbons (Fsp3) is 0.514. The predicted molar refractivity (Wildman–Crippen MR) is 179 cm³/mol. The highest BCUT2D eigenvalue weighted by Gasteiger charge is 2.33. The van der Waals surface area contributed by atoms with E-state index in [-0.39, 0.29) is 48.8 Å². The van der Waals surface area contributed by atoms with E-state index in [0.717, 1.165) is 5.56 Å². The van der Waals surface area contributed by atoms with Crippen molar-refractivity contribution in [1.82, 2.24) is 31.7 Å². The van der Waals surface area contributed by atoms with Gasteiger partial charge in [0, 0.05) is 30.6 Å². The summed E-state index contributed by atoms with van der Waals surface area (Å²) in [5.41, 5.74) is 0.837. The summed E-state index contributed by atoms with van der Waals surface area (Å²) in [6, 6.07) is 6.89. The molecule has 1 aromatic heterocycles. The molecule has 2 aromatic rings. The fourth-order valence-electron chi connectivity index (χ4n) is 5.20. The first-order valence-corrected chi connectivity index (χ1v) is 16.5. The van der Waals surface area contributed by atoms with E-state index in [1.54, 1.807) is 20.8 Å². The number of hydrogen-bond acceptors (Lipinski definition) is 9. The topological polar surface area (TPSA) is 198 Å². The number of carbonyl (C=O) groups is 6. The lowest BCUT2D eigenvalue weighted by Crippen LogP contribution is -2.58. The van der Waals surface area contributed by atoms with Crippen LogP contribution in [-0.2, 0) is 35.3 Å². The molecule has 0 spiro atoms. The van der Waals surface area contributed by atoms with E-state index in [4.69, 9.17) is 9.26 Å². The monoisotopic (exact) mass is 680 g/mol. The number of hydrogen-bond donors (Lipinski definition) is 5. The molecule has 0 bridgehead atoms. The Labute approximate surface area is 286 Å². The summed E-state index contributed by atoms with van der Waals surface area (Å²) in [6.07, 6.45) is 3.82. The number of ether oxygens (including phenoxy) is 1. The van der Waals surface area contributed by atoms with Gasteiger partial charge in [-0.25, -0.2) is 4.79 Å². The number of aromatic nitrogens is 1. The number of carbonyl (C=O) groups excluding carboxylic acids is 6. The van der Waals surface area contributed by atoms with Crippen molar-refractivity contribution < 1.29 is 38.0 Å². The number of benzene rings is 1. The Morgan fingerprint density at radius 2 is 1.69 bits per heavy atom. The highest BCUT2D eigenvalue weighted by atomic mass is 16.5. The summed E-state index contributed by atoms with van der Waals surface area (Å²) in [5, 5.41) is 17.3. The zero-order valence-electron chi connectivity index (χ0n) is 28.9. The Bertz CT molecular complexity index is 1490. The summed E-state index contributed by atoms with van der Waals surface area (Å²) >= 11 is 0. The molecule has 266 valence electrons. The lowest BCUT2D eigenvalue weighted by molar-refractivity contribution is -0.139. The number of aryl methyl sites for hydroxylation is 1. The molecular weight excluding hydrogens is 632 g/mol. The molecule has 1 saturated heterocycles. The molecule has 14 heteroatoms. The maximum absolute atomic E-state index is 13.7. The summed E-state index contributed by atoms with van der Waals surface area (Å²) in [7, 11) is 0. The fourth-order valence-corrected chi connectivity index (χ4v) is 5.20. The molecule has 0 saturated carbocycles. The van der Waals surface area contributed by atoms with Crippen LogP contribution >= 0.6 is 0 Å². The molecule has 2 heterocycles. The minimum absolute atomic E-state index is 0.00103. The van der Waals surface area contributed by atoms with Crippen LogP contribution in [0.4, 0.5) is 0 Å². The van der Waals surface area contributed by atoms with E-state index in [2.05, 4.69) is 31.7 Å². The first kappa shape index (κ1) is 38.4. The lowest BCUT2D eigenvalue weighted by Gasteiger charge is -2.28. The molecule has 5 amide bonds. The molecule has 5 N–H and O–H groups in total. The van der Waals surface area contributed by atoms with Crippen LogP contribution in [0, 0.1) is 24.7 Å². The van der Waals surface area contributed by atoms with Gasteiger partial charge in [0.25, 0.3) is 5.91 Å². The molecule has 5 atom stereocenters. The van der Waals surface area contributed by atoms with E-state index >= 15 is 0 Å². The molecule has 0 aliphatic carbocycles. The predicted octanol–water partition coefficient (Wildman–Crippen LogP) is 2.08. The van der Waals surface area contributed by atoms with E-state index in [1.807, 2.05) is 44.2 Å². The number of amides is 5. The van der Waals surface area contributed by atoms with Crippen molar-refractivity contribution in [2.45, 2.75) is 91.6 Å². The van der Waals surface area contributed by atoms with Crippen LogP contribution in [-0.4, -0.2) is 71.4 Å². The molecule has 3 rings (SSSR count). The van der Waals surface area contributed by atoms with Crippen molar-refractivity contribution in [1.29, 1.82) is 0 Å². The Kier molecular flexibility index (Phi) is 14.5. The highest BCUT2D eigenvalue weighted by molar-refractivity contribution is 5.97. The van der Waals surface area contributed by atoms with Gasteiger partial charge in [0.2, 0.25) is 23.6 Å². The first-order valence-electron chi connectivity index (χ1n) is 16.5. The Balaban J connectivity index is 1.68. The molecule has 0 unspecified atom stereocenters. The second-order valence-electron chi connectivity index (χ2n) is 13.0. The molecular formula is C35H48N6O8. The van der Waals surface area contributed by atoms with Gasteiger partial charge in [0.15, 0.2) is 5.69 Å².